The molecule has 98 valence electrons. The van der Waals surface area contributed by atoms with Gasteiger partial charge >= 0.3 is 0 Å². The molecule has 0 bridgehead atoms. The fourth-order valence-electron chi connectivity index (χ4n) is 1.96. The second kappa shape index (κ2) is 4.89. The molecule has 2 rings (SSSR count). The Kier molecular flexibility index (Phi) is 3.47. The number of carbonyl (C=O) groups is 1. The van der Waals surface area contributed by atoms with Gasteiger partial charge in [0.25, 0.3) is 0 Å². The monoisotopic (exact) mass is 252 g/mol. The molecule has 1 aliphatic heterocycles. The fourth-order valence-corrected chi connectivity index (χ4v) is 1.96. The molecule has 6 nitrogen and oxygen atoms in total. The van der Waals surface area contributed by atoms with E-state index in [1.165, 1.54) is 20.4 Å². The topological polar surface area (TPSA) is 70.5 Å². The number of hydrogen-bond donors (Lipinski definition) is 0. The Morgan fingerprint density at radius 3 is 2.78 bits per heavy atom. The van der Waals surface area contributed by atoms with Crippen LogP contribution in [-0.4, -0.2) is 42.2 Å². The van der Waals surface area contributed by atoms with E-state index >= 15 is 0 Å². The van der Waals surface area contributed by atoms with Crippen LogP contribution in [0.3, 0.4) is 0 Å². The van der Waals surface area contributed by atoms with Crippen LogP contribution in [0.4, 0.5) is 0 Å². The van der Waals surface area contributed by atoms with E-state index in [9.17, 15) is 4.79 Å². The van der Waals surface area contributed by atoms with Gasteiger partial charge in [-0.25, -0.2) is 4.98 Å². The highest BCUT2D eigenvalue weighted by Crippen LogP contribution is 2.31. The second-order valence-electron chi connectivity index (χ2n) is 4.28. The van der Waals surface area contributed by atoms with Gasteiger partial charge in [0.2, 0.25) is 17.5 Å². The molecule has 0 amide bonds. The third-order valence-electron chi connectivity index (χ3n) is 3.04. The zero-order valence-electron chi connectivity index (χ0n) is 10.7. The molecule has 1 aliphatic rings. The summed E-state index contributed by atoms with van der Waals surface area (Å²) >= 11 is 0. The predicted octanol–water partition coefficient (Wildman–Crippen LogP) is 1.25. The van der Waals surface area contributed by atoms with Crippen molar-refractivity contribution in [2.75, 3.05) is 20.8 Å². The summed E-state index contributed by atoms with van der Waals surface area (Å²) in [5, 5.41) is 0. The summed E-state index contributed by atoms with van der Waals surface area (Å²) in [7, 11) is 2.92. The highest BCUT2D eigenvalue weighted by atomic mass is 16.5. The second-order valence-corrected chi connectivity index (χ2v) is 4.28. The van der Waals surface area contributed by atoms with Crippen molar-refractivity contribution in [3.8, 4) is 11.8 Å². The maximum absolute atomic E-state index is 12.4. The first-order chi connectivity index (χ1) is 8.60. The molecular formula is C12H16N2O4. The highest BCUT2D eigenvalue weighted by Gasteiger charge is 2.40. The van der Waals surface area contributed by atoms with Crippen molar-refractivity contribution < 1.29 is 19.0 Å². The summed E-state index contributed by atoms with van der Waals surface area (Å²) in [6.07, 6.45) is 2.95. The van der Waals surface area contributed by atoms with E-state index in [-0.39, 0.29) is 17.4 Å². The summed E-state index contributed by atoms with van der Waals surface area (Å²) in [5.41, 5.74) is -0.640. The van der Waals surface area contributed by atoms with Crippen molar-refractivity contribution in [3.63, 3.8) is 0 Å². The van der Waals surface area contributed by atoms with Crippen LogP contribution in [0.5, 0.6) is 11.8 Å². The molecule has 0 N–H and O–H groups in total. The van der Waals surface area contributed by atoms with Gasteiger partial charge in [-0.1, -0.05) is 0 Å². The van der Waals surface area contributed by atoms with Gasteiger partial charge in [0.05, 0.1) is 20.4 Å². The molecule has 1 unspecified atom stereocenters. The van der Waals surface area contributed by atoms with Crippen LogP contribution in [0.2, 0.25) is 0 Å². The van der Waals surface area contributed by atoms with Gasteiger partial charge in [-0.3, -0.25) is 4.79 Å². The Morgan fingerprint density at radius 1 is 1.44 bits per heavy atom. The minimum Gasteiger partial charge on any atom is -0.480 e. The van der Waals surface area contributed by atoms with E-state index in [1.54, 1.807) is 6.92 Å². The summed E-state index contributed by atoms with van der Waals surface area (Å²) in [4.78, 5) is 20.5. The lowest BCUT2D eigenvalue weighted by molar-refractivity contribution is 0.0205. The number of rotatable bonds is 4. The van der Waals surface area contributed by atoms with Gasteiger partial charge in [0, 0.05) is 6.61 Å². The lowest BCUT2D eigenvalue weighted by Gasteiger charge is -2.21. The first kappa shape index (κ1) is 12.8. The van der Waals surface area contributed by atoms with Gasteiger partial charge in [-0.15, -0.1) is 0 Å². The van der Waals surface area contributed by atoms with E-state index in [4.69, 9.17) is 14.2 Å². The zero-order valence-corrected chi connectivity index (χ0v) is 10.7. The maximum Gasteiger partial charge on any atom is 0.246 e. The number of carbonyl (C=O) groups excluding carboxylic acids is 1. The average Bonchev–Trinajstić information content (AvgIpc) is 2.85. The minimum absolute atomic E-state index is 0.163. The molecule has 2 heterocycles. The van der Waals surface area contributed by atoms with E-state index in [0.717, 1.165) is 6.42 Å². The predicted molar refractivity (Wildman–Crippen MR) is 63.1 cm³/mol. The number of methoxy groups -OCH3 is 2. The van der Waals surface area contributed by atoms with Crippen LogP contribution in [0.15, 0.2) is 6.20 Å². The van der Waals surface area contributed by atoms with Crippen LogP contribution in [0, 0.1) is 0 Å². The van der Waals surface area contributed by atoms with Crippen LogP contribution in [0.25, 0.3) is 0 Å². The van der Waals surface area contributed by atoms with Crippen LogP contribution in [-0.2, 0) is 4.74 Å². The highest BCUT2D eigenvalue weighted by molar-refractivity contribution is 6.02. The molecule has 1 atom stereocenters. The molecule has 0 radical (unpaired) electrons. The van der Waals surface area contributed by atoms with Gasteiger partial charge in [-0.05, 0) is 19.8 Å². The van der Waals surface area contributed by atoms with Gasteiger partial charge in [0.1, 0.15) is 5.60 Å². The van der Waals surface area contributed by atoms with E-state index in [2.05, 4.69) is 9.97 Å². The first-order valence-electron chi connectivity index (χ1n) is 5.74. The van der Waals surface area contributed by atoms with Crippen LogP contribution >= 0.6 is 0 Å². The lowest BCUT2D eigenvalue weighted by Crippen LogP contribution is -2.35. The van der Waals surface area contributed by atoms with Gasteiger partial charge in [-0.2, -0.15) is 4.98 Å². The third kappa shape index (κ3) is 2.15. The average molecular weight is 252 g/mol. The molecule has 0 saturated carbocycles. The van der Waals surface area contributed by atoms with Crippen molar-refractivity contribution in [2.45, 2.75) is 25.4 Å². The Morgan fingerprint density at radius 2 is 2.22 bits per heavy atom. The first-order valence-corrected chi connectivity index (χ1v) is 5.74. The Bertz CT molecular complexity index is 455. The number of ketones is 1. The smallest absolute Gasteiger partial charge is 0.246 e. The molecule has 0 aliphatic carbocycles. The van der Waals surface area contributed by atoms with Crippen molar-refractivity contribution >= 4 is 5.78 Å². The van der Waals surface area contributed by atoms with Gasteiger partial charge in [0.15, 0.2) is 5.69 Å². The number of aromatic nitrogens is 2. The lowest BCUT2D eigenvalue weighted by atomic mass is 9.95. The molecule has 6 heteroatoms. The summed E-state index contributed by atoms with van der Waals surface area (Å²) < 4.78 is 15.5. The summed E-state index contributed by atoms with van der Waals surface area (Å²) in [5.74, 6) is 0.268. The molecule has 1 aromatic heterocycles. The van der Waals surface area contributed by atoms with Crippen LogP contribution < -0.4 is 9.47 Å². The number of ether oxygens (including phenoxy) is 3. The SMILES string of the molecule is COc1cnc(C(=O)C2(C)CCCO2)c(OC)n1. The molecule has 0 aromatic carbocycles. The van der Waals surface area contributed by atoms with Crippen LogP contribution in [0.1, 0.15) is 30.3 Å². The zero-order chi connectivity index (χ0) is 13.2. The fraction of sp³-hybridized carbons (Fsp3) is 0.583. The minimum atomic E-state index is -0.823. The number of Topliss-reactive ketones (excluding diaryl/α,β-unsaturated/α-hetero) is 1. The van der Waals surface area contributed by atoms with E-state index in [1.807, 2.05) is 0 Å². The summed E-state index contributed by atoms with van der Waals surface area (Å²) in [6.45, 7) is 2.36. The Hall–Kier alpha value is -1.69. The maximum atomic E-state index is 12.4. The van der Waals surface area contributed by atoms with Crippen molar-refractivity contribution in [3.05, 3.63) is 11.9 Å². The molecule has 1 fully saturated rings. The molecule has 1 saturated heterocycles. The number of nitrogens with zero attached hydrogens (tertiary/aromatic N) is 2. The normalized spacial score (nSPS) is 22.8. The van der Waals surface area contributed by atoms with E-state index < -0.39 is 5.60 Å². The standard InChI is InChI=1S/C12H16N2O4/c1-12(5-4-6-18-12)10(15)9-11(17-3)14-8(16-2)7-13-9/h7H,4-6H2,1-3H3. The number of hydrogen-bond acceptors (Lipinski definition) is 6. The summed E-state index contributed by atoms with van der Waals surface area (Å²) in [6, 6.07) is 0. The van der Waals surface area contributed by atoms with E-state index in [0.29, 0.717) is 18.9 Å². The van der Waals surface area contributed by atoms with Crippen molar-refractivity contribution in [2.24, 2.45) is 0 Å². The van der Waals surface area contributed by atoms with Crippen molar-refractivity contribution in [1.82, 2.24) is 9.97 Å². The molecule has 0 spiro atoms. The molecular weight excluding hydrogens is 236 g/mol. The Labute approximate surface area is 105 Å². The molecule has 18 heavy (non-hydrogen) atoms. The van der Waals surface area contributed by atoms with Crippen molar-refractivity contribution in [1.29, 1.82) is 0 Å². The molecule has 1 aromatic rings. The quantitative estimate of drug-likeness (QED) is 0.751. The van der Waals surface area contributed by atoms with Gasteiger partial charge < -0.3 is 14.2 Å². The Balaban J connectivity index is 2.35. The third-order valence-corrected chi connectivity index (χ3v) is 3.04. The largest absolute Gasteiger partial charge is 0.480 e.